The van der Waals surface area contributed by atoms with Gasteiger partial charge in [-0.15, -0.1) is 0 Å². The summed E-state index contributed by atoms with van der Waals surface area (Å²) in [7, 11) is 4.95. The second-order valence-electron chi connectivity index (χ2n) is 6.81. The molecule has 1 fully saturated rings. The van der Waals surface area contributed by atoms with Gasteiger partial charge in [0, 0.05) is 51.0 Å². The zero-order valence-electron chi connectivity index (χ0n) is 16.7. The summed E-state index contributed by atoms with van der Waals surface area (Å²) < 4.78 is 16.5. The number of rotatable bonds is 7. The molecular formula is C21H29N3O3. The second kappa shape index (κ2) is 9.06. The van der Waals surface area contributed by atoms with Crippen molar-refractivity contribution in [3.63, 3.8) is 0 Å². The molecule has 0 atom stereocenters. The van der Waals surface area contributed by atoms with E-state index in [2.05, 4.69) is 33.8 Å². The first-order chi connectivity index (χ1) is 13.2. The van der Waals surface area contributed by atoms with Crippen molar-refractivity contribution in [1.82, 2.24) is 14.8 Å². The van der Waals surface area contributed by atoms with Crippen molar-refractivity contribution in [1.29, 1.82) is 0 Å². The maximum atomic E-state index is 5.61. The molecule has 1 aliphatic rings. The molecule has 6 nitrogen and oxygen atoms in total. The van der Waals surface area contributed by atoms with Crippen molar-refractivity contribution in [2.24, 2.45) is 0 Å². The van der Waals surface area contributed by atoms with Crippen molar-refractivity contribution in [2.45, 2.75) is 20.0 Å². The lowest BCUT2D eigenvalue weighted by Gasteiger charge is -2.35. The van der Waals surface area contributed by atoms with Crippen LogP contribution in [0.3, 0.4) is 0 Å². The highest BCUT2D eigenvalue weighted by molar-refractivity contribution is 5.55. The summed E-state index contributed by atoms with van der Waals surface area (Å²) >= 11 is 0. The number of aromatic nitrogens is 1. The van der Waals surface area contributed by atoms with Gasteiger partial charge in [-0.05, 0) is 24.6 Å². The number of methoxy groups -OCH3 is 3. The summed E-state index contributed by atoms with van der Waals surface area (Å²) in [5.74, 6) is 2.10. The van der Waals surface area contributed by atoms with E-state index < -0.39 is 0 Å². The molecule has 6 heteroatoms. The van der Waals surface area contributed by atoms with E-state index in [9.17, 15) is 0 Å². The number of ether oxygens (including phenoxy) is 3. The third-order valence-electron chi connectivity index (χ3n) is 5.14. The van der Waals surface area contributed by atoms with Crippen LogP contribution in [0.1, 0.15) is 16.8 Å². The summed E-state index contributed by atoms with van der Waals surface area (Å²) in [5, 5.41) is 0. The normalized spacial score (nSPS) is 15.6. The number of nitrogens with zero attached hydrogens (tertiary/aromatic N) is 3. The summed E-state index contributed by atoms with van der Waals surface area (Å²) in [5.41, 5.74) is 3.55. The molecule has 146 valence electrons. The smallest absolute Gasteiger partial charge is 0.203 e. The lowest BCUT2D eigenvalue weighted by molar-refractivity contribution is 0.120. The van der Waals surface area contributed by atoms with Crippen molar-refractivity contribution in [2.75, 3.05) is 47.5 Å². The first-order valence-electron chi connectivity index (χ1n) is 9.29. The molecule has 1 saturated heterocycles. The lowest BCUT2D eigenvalue weighted by atomic mass is 10.1. The van der Waals surface area contributed by atoms with Gasteiger partial charge in [-0.1, -0.05) is 12.1 Å². The fourth-order valence-corrected chi connectivity index (χ4v) is 3.53. The molecule has 3 rings (SSSR count). The summed E-state index contributed by atoms with van der Waals surface area (Å²) in [4.78, 5) is 9.44. The molecule has 0 N–H and O–H groups in total. The summed E-state index contributed by atoms with van der Waals surface area (Å²) in [6.45, 7) is 7.98. The van der Waals surface area contributed by atoms with Crippen LogP contribution in [0.15, 0.2) is 30.5 Å². The van der Waals surface area contributed by atoms with Crippen LogP contribution in [-0.2, 0) is 13.1 Å². The van der Waals surface area contributed by atoms with Crippen molar-refractivity contribution in [3.8, 4) is 17.2 Å². The monoisotopic (exact) mass is 371 g/mol. The van der Waals surface area contributed by atoms with Gasteiger partial charge in [0.05, 0.1) is 27.0 Å². The zero-order chi connectivity index (χ0) is 19.2. The van der Waals surface area contributed by atoms with E-state index in [0.717, 1.165) is 50.6 Å². The molecule has 2 aromatic rings. The van der Waals surface area contributed by atoms with Gasteiger partial charge in [-0.2, -0.15) is 0 Å². The van der Waals surface area contributed by atoms with Crippen molar-refractivity contribution >= 4 is 0 Å². The predicted molar refractivity (Wildman–Crippen MR) is 106 cm³/mol. The highest BCUT2D eigenvalue weighted by Gasteiger charge is 2.21. The number of pyridine rings is 1. The van der Waals surface area contributed by atoms with E-state index in [1.165, 1.54) is 11.3 Å². The first kappa shape index (κ1) is 19.5. The third kappa shape index (κ3) is 4.51. The van der Waals surface area contributed by atoms with Gasteiger partial charge in [0.15, 0.2) is 11.5 Å². The Labute approximate surface area is 161 Å². The van der Waals surface area contributed by atoms with Crippen molar-refractivity contribution in [3.05, 3.63) is 47.3 Å². The minimum Gasteiger partial charge on any atom is -0.493 e. The average molecular weight is 371 g/mol. The highest BCUT2D eigenvalue weighted by atomic mass is 16.5. The third-order valence-corrected chi connectivity index (χ3v) is 5.14. The molecule has 0 unspecified atom stereocenters. The van der Waals surface area contributed by atoms with Crippen LogP contribution in [0.4, 0.5) is 0 Å². The SMILES string of the molecule is COc1ccc(CN2CCN(Cc3ncccc3C)CC2)c(OC)c1OC. The van der Waals surface area contributed by atoms with E-state index in [1.807, 2.05) is 18.3 Å². The van der Waals surface area contributed by atoms with E-state index in [1.54, 1.807) is 21.3 Å². The van der Waals surface area contributed by atoms with Crippen LogP contribution >= 0.6 is 0 Å². The number of piperazine rings is 1. The van der Waals surface area contributed by atoms with Crippen LogP contribution in [0.5, 0.6) is 17.2 Å². The van der Waals surface area contributed by atoms with E-state index >= 15 is 0 Å². The Balaban J connectivity index is 1.62. The van der Waals surface area contributed by atoms with Crippen LogP contribution < -0.4 is 14.2 Å². The Bertz CT molecular complexity index is 758. The molecule has 0 bridgehead atoms. The maximum absolute atomic E-state index is 5.61. The molecule has 0 amide bonds. The van der Waals surface area contributed by atoms with Gasteiger partial charge < -0.3 is 14.2 Å². The van der Waals surface area contributed by atoms with E-state index in [4.69, 9.17) is 14.2 Å². The Morgan fingerprint density at radius 3 is 2.11 bits per heavy atom. The molecule has 1 aromatic heterocycles. The Morgan fingerprint density at radius 2 is 1.52 bits per heavy atom. The molecule has 2 heterocycles. The lowest BCUT2D eigenvalue weighted by Crippen LogP contribution is -2.45. The second-order valence-corrected chi connectivity index (χ2v) is 6.81. The summed E-state index contributed by atoms with van der Waals surface area (Å²) in [6.07, 6.45) is 1.88. The van der Waals surface area contributed by atoms with Gasteiger partial charge in [0.1, 0.15) is 0 Å². The fraction of sp³-hybridized carbons (Fsp3) is 0.476. The van der Waals surface area contributed by atoms with Gasteiger partial charge >= 0.3 is 0 Å². The molecule has 0 spiro atoms. The van der Waals surface area contributed by atoms with Crippen LogP contribution in [-0.4, -0.2) is 62.3 Å². The molecule has 0 aliphatic carbocycles. The highest BCUT2D eigenvalue weighted by Crippen LogP contribution is 2.40. The standard InChI is InChI=1S/C21H29N3O3/c1-16-6-5-9-22-18(16)15-24-12-10-23(11-13-24)14-17-7-8-19(25-2)21(27-4)20(17)26-3/h5-9H,10-15H2,1-4H3. The topological polar surface area (TPSA) is 47.1 Å². The number of hydrogen-bond donors (Lipinski definition) is 0. The maximum Gasteiger partial charge on any atom is 0.203 e. The Morgan fingerprint density at radius 1 is 0.852 bits per heavy atom. The minimum absolute atomic E-state index is 0.654. The molecule has 0 saturated carbocycles. The van der Waals surface area contributed by atoms with Gasteiger partial charge in [0.2, 0.25) is 5.75 Å². The average Bonchev–Trinajstić information content (AvgIpc) is 2.70. The largest absolute Gasteiger partial charge is 0.493 e. The zero-order valence-corrected chi connectivity index (χ0v) is 16.7. The van der Waals surface area contributed by atoms with Crippen LogP contribution in [0.2, 0.25) is 0 Å². The predicted octanol–water partition coefficient (Wildman–Crippen LogP) is 2.73. The molecule has 27 heavy (non-hydrogen) atoms. The number of aryl methyl sites for hydroxylation is 1. The van der Waals surface area contributed by atoms with E-state index in [0.29, 0.717) is 11.5 Å². The van der Waals surface area contributed by atoms with Gasteiger partial charge in [-0.25, -0.2) is 0 Å². The van der Waals surface area contributed by atoms with E-state index in [-0.39, 0.29) is 0 Å². The van der Waals surface area contributed by atoms with Crippen molar-refractivity contribution < 1.29 is 14.2 Å². The quantitative estimate of drug-likeness (QED) is 0.746. The minimum atomic E-state index is 0.654. The molecule has 0 radical (unpaired) electrons. The molecular weight excluding hydrogens is 342 g/mol. The number of hydrogen-bond acceptors (Lipinski definition) is 6. The van der Waals surface area contributed by atoms with Crippen LogP contribution in [0.25, 0.3) is 0 Å². The molecule has 1 aromatic carbocycles. The number of benzene rings is 1. The Kier molecular flexibility index (Phi) is 6.53. The van der Waals surface area contributed by atoms with Gasteiger partial charge in [0.25, 0.3) is 0 Å². The first-order valence-corrected chi connectivity index (χ1v) is 9.29. The summed E-state index contributed by atoms with van der Waals surface area (Å²) in [6, 6.07) is 8.12. The van der Waals surface area contributed by atoms with Crippen LogP contribution in [0, 0.1) is 6.92 Å². The fourth-order valence-electron chi connectivity index (χ4n) is 3.53. The Hall–Kier alpha value is -2.31. The molecule has 1 aliphatic heterocycles. The van der Waals surface area contributed by atoms with Gasteiger partial charge in [-0.3, -0.25) is 14.8 Å².